The number of hydrogen-bond acceptors (Lipinski definition) is 5. The van der Waals surface area contributed by atoms with Crippen LogP contribution < -0.4 is 10.5 Å². The fourth-order valence-corrected chi connectivity index (χ4v) is 2.88. The predicted octanol–water partition coefficient (Wildman–Crippen LogP) is 2.02. The lowest BCUT2D eigenvalue weighted by atomic mass is 10.3. The Morgan fingerprint density at radius 2 is 2.11 bits per heavy atom. The van der Waals surface area contributed by atoms with Crippen molar-refractivity contribution >= 4 is 33.1 Å². The highest BCUT2D eigenvalue weighted by molar-refractivity contribution is 7.92. The lowest BCUT2D eigenvalue weighted by Gasteiger charge is -2.07. The number of rotatable bonds is 3. The van der Waals surface area contributed by atoms with E-state index in [-0.39, 0.29) is 15.7 Å². The molecule has 0 saturated heterocycles. The van der Waals surface area contributed by atoms with Gasteiger partial charge >= 0.3 is 0 Å². The van der Waals surface area contributed by atoms with Crippen molar-refractivity contribution < 1.29 is 12.9 Å². The van der Waals surface area contributed by atoms with E-state index in [1.54, 1.807) is 6.92 Å². The standard InChI is InChI=1S/C10H10ClN3O3S/c1-6-4-10(13-17-6)14-18(15,16)9-3-2-7(12)5-8(9)11/h2-5H,12H2,1H3,(H,13,14). The molecule has 0 radical (unpaired) electrons. The van der Waals surface area contributed by atoms with Crippen LogP contribution in [0, 0.1) is 6.92 Å². The number of nitrogens with two attached hydrogens (primary N) is 1. The third-order valence-electron chi connectivity index (χ3n) is 2.11. The second-order valence-corrected chi connectivity index (χ2v) is 5.68. The Kier molecular flexibility index (Phi) is 3.18. The van der Waals surface area contributed by atoms with Crippen molar-refractivity contribution in [2.24, 2.45) is 0 Å². The minimum atomic E-state index is -3.81. The van der Waals surface area contributed by atoms with Gasteiger partial charge in [0.2, 0.25) is 0 Å². The number of benzene rings is 1. The molecule has 1 aromatic heterocycles. The van der Waals surface area contributed by atoms with Crippen molar-refractivity contribution in [3.8, 4) is 0 Å². The van der Waals surface area contributed by atoms with Crippen molar-refractivity contribution in [1.82, 2.24) is 5.16 Å². The summed E-state index contributed by atoms with van der Waals surface area (Å²) in [5.74, 6) is 0.594. The molecule has 0 aliphatic carbocycles. The van der Waals surface area contributed by atoms with Crippen LogP contribution >= 0.6 is 11.6 Å². The van der Waals surface area contributed by atoms with E-state index in [4.69, 9.17) is 21.9 Å². The van der Waals surface area contributed by atoms with Crippen LogP contribution in [0.25, 0.3) is 0 Å². The van der Waals surface area contributed by atoms with Crippen molar-refractivity contribution in [2.75, 3.05) is 10.5 Å². The summed E-state index contributed by atoms with van der Waals surface area (Å²) < 4.78 is 31.1. The predicted molar refractivity (Wildman–Crippen MR) is 67.9 cm³/mol. The van der Waals surface area contributed by atoms with Crippen molar-refractivity contribution in [3.63, 3.8) is 0 Å². The first-order valence-corrected chi connectivity index (χ1v) is 6.76. The Labute approximate surface area is 109 Å². The summed E-state index contributed by atoms with van der Waals surface area (Å²) in [5, 5.41) is 3.58. The van der Waals surface area contributed by atoms with Gasteiger partial charge < -0.3 is 10.3 Å². The molecule has 6 nitrogen and oxygen atoms in total. The number of nitrogen functional groups attached to an aromatic ring is 1. The number of hydrogen-bond donors (Lipinski definition) is 2. The Bertz CT molecular complexity index is 681. The maximum Gasteiger partial charge on any atom is 0.264 e. The Morgan fingerprint density at radius 3 is 2.67 bits per heavy atom. The normalized spacial score (nSPS) is 11.4. The molecule has 0 fully saturated rings. The van der Waals surface area contributed by atoms with Crippen molar-refractivity contribution in [1.29, 1.82) is 0 Å². The number of nitrogens with one attached hydrogen (secondary N) is 1. The van der Waals surface area contributed by atoms with E-state index in [0.717, 1.165) is 0 Å². The molecule has 0 atom stereocenters. The quantitative estimate of drug-likeness (QED) is 0.842. The van der Waals surface area contributed by atoms with Crippen LogP contribution in [0.3, 0.4) is 0 Å². The van der Waals surface area contributed by atoms with Crippen molar-refractivity contribution in [3.05, 3.63) is 35.0 Å². The van der Waals surface area contributed by atoms with E-state index in [2.05, 4.69) is 9.88 Å². The summed E-state index contributed by atoms with van der Waals surface area (Å²) in [6.07, 6.45) is 0. The third kappa shape index (κ3) is 2.57. The fraction of sp³-hybridized carbons (Fsp3) is 0.100. The van der Waals surface area contributed by atoms with Crippen LogP contribution in [-0.4, -0.2) is 13.6 Å². The number of aromatic nitrogens is 1. The average Bonchev–Trinajstić information content (AvgIpc) is 2.62. The second-order valence-electron chi connectivity index (χ2n) is 3.62. The second kappa shape index (κ2) is 4.51. The smallest absolute Gasteiger partial charge is 0.264 e. The molecule has 0 unspecified atom stereocenters. The molecular formula is C10H10ClN3O3S. The molecular weight excluding hydrogens is 278 g/mol. The Morgan fingerprint density at radius 1 is 1.39 bits per heavy atom. The summed E-state index contributed by atoms with van der Waals surface area (Å²) in [4.78, 5) is -0.0704. The van der Waals surface area contributed by atoms with Gasteiger partial charge in [-0.15, -0.1) is 0 Å². The lowest BCUT2D eigenvalue weighted by molar-refractivity contribution is 0.400. The zero-order valence-electron chi connectivity index (χ0n) is 9.34. The van der Waals surface area contributed by atoms with E-state index in [9.17, 15) is 8.42 Å². The van der Waals surface area contributed by atoms with Gasteiger partial charge in [0.1, 0.15) is 10.7 Å². The molecule has 1 aromatic carbocycles. The fourth-order valence-electron chi connectivity index (χ4n) is 1.34. The lowest BCUT2D eigenvalue weighted by Crippen LogP contribution is -2.13. The Hall–Kier alpha value is -1.73. The first kappa shape index (κ1) is 12.7. The maximum atomic E-state index is 12.0. The number of aryl methyl sites for hydroxylation is 1. The van der Waals surface area contributed by atoms with Gasteiger partial charge in [0.15, 0.2) is 5.82 Å². The van der Waals surface area contributed by atoms with Crippen LogP contribution in [0.5, 0.6) is 0 Å². The minimum absolute atomic E-state index is 0.0442. The number of anilines is 2. The van der Waals surface area contributed by atoms with E-state index in [0.29, 0.717) is 11.4 Å². The molecule has 2 aromatic rings. The third-order valence-corrected chi connectivity index (χ3v) is 3.95. The first-order chi connectivity index (χ1) is 8.38. The maximum absolute atomic E-state index is 12.0. The topological polar surface area (TPSA) is 98.2 Å². The highest BCUT2D eigenvalue weighted by atomic mass is 35.5. The highest BCUT2D eigenvalue weighted by Crippen LogP contribution is 2.25. The summed E-state index contributed by atoms with van der Waals surface area (Å²) in [5.41, 5.74) is 5.89. The molecule has 2 rings (SSSR count). The summed E-state index contributed by atoms with van der Waals surface area (Å²) >= 11 is 5.84. The minimum Gasteiger partial charge on any atom is -0.399 e. The van der Waals surface area contributed by atoms with E-state index in [1.807, 2.05) is 0 Å². The SMILES string of the molecule is Cc1cc(NS(=O)(=O)c2ccc(N)cc2Cl)no1. The van der Waals surface area contributed by atoms with Gasteiger partial charge in [-0.2, -0.15) is 0 Å². The van der Waals surface area contributed by atoms with Crippen LogP contribution in [0.4, 0.5) is 11.5 Å². The van der Waals surface area contributed by atoms with Gasteiger partial charge in [-0.1, -0.05) is 16.8 Å². The molecule has 0 aliphatic rings. The molecule has 8 heteroatoms. The van der Waals surface area contributed by atoms with E-state index >= 15 is 0 Å². The van der Waals surface area contributed by atoms with Gasteiger partial charge in [0, 0.05) is 11.8 Å². The van der Waals surface area contributed by atoms with E-state index < -0.39 is 10.0 Å². The molecule has 0 bridgehead atoms. The number of halogens is 1. The molecule has 0 saturated carbocycles. The summed E-state index contributed by atoms with van der Waals surface area (Å²) in [6, 6.07) is 5.61. The highest BCUT2D eigenvalue weighted by Gasteiger charge is 2.19. The van der Waals surface area contributed by atoms with Gasteiger partial charge in [-0.3, -0.25) is 4.72 Å². The first-order valence-electron chi connectivity index (χ1n) is 4.89. The molecule has 0 amide bonds. The molecule has 0 spiro atoms. The summed E-state index contributed by atoms with van der Waals surface area (Å²) in [7, 11) is -3.81. The van der Waals surface area contributed by atoms with Crippen molar-refractivity contribution in [2.45, 2.75) is 11.8 Å². The molecule has 0 aliphatic heterocycles. The number of nitrogens with zero attached hydrogens (tertiary/aromatic N) is 1. The van der Waals surface area contributed by atoms with E-state index in [1.165, 1.54) is 24.3 Å². The van der Waals surface area contributed by atoms with Crippen LogP contribution in [0.15, 0.2) is 33.7 Å². The van der Waals surface area contributed by atoms with Crippen LogP contribution in [0.2, 0.25) is 5.02 Å². The molecule has 96 valence electrons. The largest absolute Gasteiger partial charge is 0.399 e. The summed E-state index contributed by atoms with van der Waals surface area (Å²) in [6.45, 7) is 1.65. The zero-order chi connectivity index (χ0) is 13.3. The van der Waals surface area contributed by atoms with Gasteiger partial charge in [0.05, 0.1) is 5.02 Å². The van der Waals surface area contributed by atoms with Gasteiger partial charge in [-0.05, 0) is 25.1 Å². The monoisotopic (exact) mass is 287 g/mol. The molecule has 1 heterocycles. The number of sulfonamides is 1. The Balaban J connectivity index is 2.36. The van der Waals surface area contributed by atoms with Crippen LogP contribution in [0.1, 0.15) is 5.76 Å². The van der Waals surface area contributed by atoms with Gasteiger partial charge in [-0.25, -0.2) is 8.42 Å². The zero-order valence-corrected chi connectivity index (χ0v) is 10.9. The van der Waals surface area contributed by atoms with Gasteiger partial charge in [0.25, 0.3) is 10.0 Å². The average molecular weight is 288 g/mol. The van der Waals surface area contributed by atoms with Crippen LogP contribution in [-0.2, 0) is 10.0 Å². The molecule has 3 N–H and O–H groups in total. The molecule has 18 heavy (non-hydrogen) atoms.